The van der Waals surface area contributed by atoms with E-state index in [-0.39, 0.29) is 0 Å². The van der Waals surface area contributed by atoms with Crippen molar-refractivity contribution in [3.8, 4) is 0 Å². The molecule has 0 aromatic heterocycles. The molecule has 1 aliphatic heterocycles. The van der Waals surface area contributed by atoms with Gasteiger partial charge in [-0.3, -0.25) is 0 Å². The molecule has 1 saturated heterocycles. The van der Waals surface area contributed by atoms with Gasteiger partial charge in [0.1, 0.15) is 0 Å². The normalized spacial score (nSPS) is 23.5. The number of hydrogen-bond donors (Lipinski definition) is 1. The first-order chi connectivity index (χ1) is 8.81. The van der Waals surface area contributed by atoms with Crippen molar-refractivity contribution in [2.75, 3.05) is 46.8 Å². The van der Waals surface area contributed by atoms with Crippen LogP contribution in [0.4, 0.5) is 0 Å². The molecule has 0 saturated carbocycles. The predicted octanol–water partition coefficient (Wildman–Crippen LogP) is 2.28. The summed E-state index contributed by atoms with van der Waals surface area (Å²) in [6.07, 6.45) is 2.68. The highest BCUT2D eigenvalue weighted by Gasteiger charge is 2.33. The topological polar surface area (TPSA) is 18.5 Å². The summed E-state index contributed by atoms with van der Waals surface area (Å²) in [7, 11) is 4.33. The fourth-order valence-corrected chi connectivity index (χ4v) is 2.96. The Morgan fingerprint density at radius 1 is 1.21 bits per heavy atom. The smallest absolute Gasteiger partial charge is 0.0246 e. The second-order valence-electron chi connectivity index (χ2n) is 7.56. The average Bonchev–Trinajstić information content (AvgIpc) is 2.27. The van der Waals surface area contributed by atoms with E-state index in [1.807, 2.05) is 0 Å². The van der Waals surface area contributed by atoms with Crippen molar-refractivity contribution < 1.29 is 0 Å². The van der Waals surface area contributed by atoms with Crippen LogP contribution in [-0.4, -0.2) is 62.7 Å². The molecule has 3 nitrogen and oxygen atoms in total. The van der Waals surface area contributed by atoms with E-state index in [4.69, 9.17) is 0 Å². The van der Waals surface area contributed by atoms with Crippen LogP contribution in [0, 0.1) is 11.3 Å². The molecule has 0 amide bonds. The number of nitrogens with zero attached hydrogens (tertiary/aromatic N) is 2. The average molecular weight is 269 g/mol. The Labute approximate surface area is 120 Å². The quantitative estimate of drug-likeness (QED) is 0.765. The van der Waals surface area contributed by atoms with E-state index in [1.54, 1.807) is 0 Å². The second kappa shape index (κ2) is 7.61. The van der Waals surface area contributed by atoms with E-state index in [1.165, 1.54) is 39.0 Å². The van der Waals surface area contributed by atoms with Crippen LogP contribution >= 0.6 is 0 Å². The van der Waals surface area contributed by atoms with Crippen LogP contribution in [0.3, 0.4) is 0 Å². The van der Waals surface area contributed by atoms with Crippen molar-refractivity contribution in [2.45, 2.75) is 46.6 Å². The molecule has 1 N–H and O–H groups in total. The molecule has 0 radical (unpaired) electrons. The van der Waals surface area contributed by atoms with E-state index in [9.17, 15) is 0 Å². The lowest BCUT2D eigenvalue weighted by molar-refractivity contribution is 0.115. The number of piperidine rings is 1. The molecular weight excluding hydrogens is 234 g/mol. The summed E-state index contributed by atoms with van der Waals surface area (Å²) in [4.78, 5) is 4.93. The lowest BCUT2D eigenvalue weighted by atomic mass is 9.77. The van der Waals surface area contributed by atoms with E-state index in [2.05, 4.69) is 56.9 Å². The molecule has 0 spiro atoms. The summed E-state index contributed by atoms with van der Waals surface area (Å²) < 4.78 is 0. The molecular formula is C16H35N3. The first kappa shape index (κ1) is 16.9. The van der Waals surface area contributed by atoms with Crippen LogP contribution in [0.2, 0.25) is 0 Å². The molecule has 1 atom stereocenters. The van der Waals surface area contributed by atoms with Gasteiger partial charge in [0.2, 0.25) is 0 Å². The SMILES string of the molecule is CC(C)CN(CCN(C)C)CC1NCCCC1(C)C. The molecule has 0 bridgehead atoms. The molecule has 0 aliphatic carbocycles. The van der Waals surface area contributed by atoms with Crippen molar-refractivity contribution >= 4 is 0 Å². The summed E-state index contributed by atoms with van der Waals surface area (Å²) in [6, 6.07) is 0.641. The highest BCUT2D eigenvalue weighted by atomic mass is 15.2. The molecule has 1 rings (SSSR count). The van der Waals surface area contributed by atoms with Gasteiger partial charge in [-0.2, -0.15) is 0 Å². The Morgan fingerprint density at radius 2 is 1.89 bits per heavy atom. The maximum atomic E-state index is 3.75. The number of likely N-dealkylation sites (N-methyl/N-ethyl adjacent to an activating group) is 1. The molecule has 1 unspecified atom stereocenters. The maximum absolute atomic E-state index is 3.75. The van der Waals surface area contributed by atoms with Crippen LogP contribution in [0.5, 0.6) is 0 Å². The van der Waals surface area contributed by atoms with Gasteiger partial charge in [0.05, 0.1) is 0 Å². The Kier molecular flexibility index (Phi) is 6.78. The standard InChI is InChI=1S/C16H35N3/c1-14(2)12-19(11-10-18(5)6)13-15-16(3,4)8-7-9-17-15/h14-15,17H,7-13H2,1-6H3. The van der Waals surface area contributed by atoms with Gasteiger partial charge in [-0.15, -0.1) is 0 Å². The molecule has 1 aliphatic rings. The minimum Gasteiger partial charge on any atom is -0.312 e. The third-order valence-electron chi connectivity index (χ3n) is 4.26. The summed E-state index contributed by atoms with van der Waals surface area (Å²) in [6.45, 7) is 15.4. The first-order valence-corrected chi connectivity index (χ1v) is 7.91. The number of nitrogens with one attached hydrogen (secondary N) is 1. The molecule has 19 heavy (non-hydrogen) atoms. The van der Waals surface area contributed by atoms with Gasteiger partial charge >= 0.3 is 0 Å². The van der Waals surface area contributed by atoms with Crippen LogP contribution < -0.4 is 5.32 Å². The zero-order valence-electron chi connectivity index (χ0n) is 14.0. The number of rotatable bonds is 7. The lowest BCUT2D eigenvalue weighted by Gasteiger charge is -2.42. The van der Waals surface area contributed by atoms with Gasteiger partial charge in [0, 0.05) is 32.2 Å². The zero-order chi connectivity index (χ0) is 14.5. The lowest BCUT2D eigenvalue weighted by Crippen LogP contribution is -2.54. The molecule has 1 heterocycles. The Bertz CT molecular complexity index is 248. The van der Waals surface area contributed by atoms with Crippen LogP contribution in [0.15, 0.2) is 0 Å². The maximum Gasteiger partial charge on any atom is 0.0246 e. The fourth-order valence-electron chi connectivity index (χ4n) is 2.96. The third-order valence-corrected chi connectivity index (χ3v) is 4.26. The van der Waals surface area contributed by atoms with Gasteiger partial charge in [0.15, 0.2) is 0 Å². The molecule has 0 aromatic rings. The van der Waals surface area contributed by atoms with Crippen molar-refractivity contribution in [1.82, 2.24) is 15.1 Å². The third kappa shape index (κ3) is 6.24. The highest BCUT2D eigenvalue weighted by molar-refractivity contribution is 4.90. The van der Waals surface area contributed by atoms with Gasteiger partial charge in [-0.05, 0) is 44.8 Å². The van der Waals surface area contributed by atoms with Crippen molar-refractivity contribution in [2.24, 2.45) is 11.3 Å². The van der Waals surface area contributed by atoms with Crippen LogP contribution in [0.1, 0.15) is 40.5 Å². The van der Waals surface area contributed by atoms with Crippen molar-refractivity contribution in [1.29, 1.82) is 0 Å². The minimum absolute atomic E-state index is 0.436. The number of hydrogen-bond acceptors (Lipinski definition) is 3. The summed E-state index contributed by atoms with van der Waals surface area (Å²) >= 11 is 0. The second-order valence-corrected chi connectivity index (χ2v) is 7.56. The largest absolute Gasteiger partial charge is 0.312 e. The highest BCUT2D eigenvalue weighted by Crippen LogP contribution is 2.30. The Morgan fingerprint density at radius 3 is 2.42 bits per heavy atom. The van der Waals surface area contributed by atoms with E-state index < -0.39 is 0 Å². The summed E-state index contributed by atoms with van der Waals surface area (Å²) in [5.41, 5.74) is 0.436. The van der Waals surface area contributed by atoms with Gasteiger partial charge < -0.3 is 15.1 Å². The van der Waals surface area contributed by atoms with Crippen molar-refractivity contribution in [3.05, 3.63) is 0 Å². The van der Waals surface area contributed by atoms with Gasteiger partial charge in [-0.25, -0.2) is 0 Å². The van der Waals surface area contributed by atoms with Crippen molar-refractivity contribution in [3.63, 3.8) is 0 Å². The fraction of sp³-hybridized carbons (Fsp3) is 1.00. The van der Waals surface area contributed by atoms with Gasteiger partial charge in [-0.1, -0.05) is 27.7 Å². The molecule has 0 aromatic carbocycles. The van der Waals surface area contributed by atoms with Gasteiger partial charge in [0.25, 0.3) is 0 Å². The molecule has 114 valence electrons. The Balaban J connectivity index is 2.54. The van der Waals surface area contributed by atoms with Crippen LogP contribution in [-0.2, 0) is 0 Å². The van der Waals surface area contributed by atoms with Crippen LogP contribution in [0.25, 0.3) is 0 Å². The molecule has 3 heteroatoms. The minimum atomic E-state index is 0.436. The Hall–Kier alpha value is -0.120. The van der Waals surface area contributed by atoms with E-state index >= 15 is 0 Å². The first-order valence-electron chi connectivity index (χ1n) is 7.91. The zero-order valence-corrected chi connectivity index (χ0v) is 14.0. The van der Waals surface area contributed by atoms with E-state index in [0.717, 1.165) is 12.5 Å². The molecule has 1 fully saturated rings. The van der Waals surface area contributed by atoms with E-state index in [0.29, 0.717) is 11.5 Å². The summed E-state index contributed by atoms with van der Waals surface area (Å²) in [5.74, 6) is 0.744. The summed E-state index contributed by atoms with van der Waals surface area (Å²) in [5, 5.41) is 3.75. The predicted molar refractivity (Wildman–Crippen MR) is 84.6 cm³/mol. The monoisotopic (exact) mass is 269 g/mol.